The van der Waals surface area contributed by atoms with E-state index in [9.17, 15) is 8.42 Å². The van der Waals surface area contributed by atoms with Crippen LogP contribution in [0.5, 0.6) is 0 Å². The lowest BCUT2D eigenvalue weighted by Crippen LogP contribution is -2.43. The summed E-state index contributed by atoms with van der Waals surface area (Å²) in [6.45, 7) is 6.20. The molecule has 0 aliphatic carbocycles. The Kier molecular flexibility index (Phi) is 6.92. The molecule has 9 heteroatoms. The molecule has 4 rings (SSSR count). The van der Waals surface area contributed by atoms with Crippen molar-refractivity contribution in [2.24, 2.45) is 0 Å². The van der Waals surface area contributed by atoms with E-state index in [0.29, 0.717) is 11.7 Å². The van der Waals surface area contributed by atoms with E-state index in [4.69, 9.17) is 4.98 Å². The first-order valence-electron chi connectivity index (χ1n) is 11.5. The Hall–Kier alpha value is -2.62. The fraction of sp³-hybridized carbons (Fsp3) is 0.458. The number of hydrogen-bond acceptors (Lipinski definition) is 5. The molecule has 1 atom stereocenters. The average molecular weight is 471 g/mol. The molecule has 0 radical (unpaired) electrons. The molecule has 33 heavy (non-hydrogen) atoms. The summed E-state index contributed by atoms with van der Waals surface area (Å²) in [5.41, 5.74) is 5.02. The van der Waals surface area contributed by atoms with Crippen LogP contribution in [0, 0.1) is 6.92 Å². The molecule has 2 aromatic carbocycles. The third kappa shape index (κ3) is 5.48. The summed E-state index contributed by atoms with van der Waals surface area (Å²) in [7, 11) is -0.476. The van der Waals surface area contributed by atoms with Gasteiger partial charge in [-0.25, -0.2) is 4.98 Å². The van der Waals surface area contributed by atoms with Crippen LogP contribution >= 0.6 is 0 Å². The first-order valence-corrected chi connectivity index (χ1v) is 13.0. The first-order chi connectivity index (χ1) is 15.7. The molecule has 1 aliphatic rings. The Morgan fingerprint density at radius 2 is 1.85 bits per heavy atom. The van der Waals surface area contributed by atoms with E-state index < -0.39 is 10.2 Å². The highest BCUT2D eigenvalue weighted by Gasteiger charge is 2.24. The molecule has 2 heterocycles. The first kappa shape index (κ1) is 23.5. The SMILES string of the molecule is CC[C@@H](NC1CCN(c2ccc(NS(=O)(=O)N(C)C)cc2)CC1)c1nc2ccc(C)cc2[nH]1. The zero-order valence-corrected chi connectivity index (χ0v) is 20.6. The van der Waals surface area contributed by atoms with Crippen LogP contribution in [0.1, 0.15) is 43.6 Å². The Morgan fingerprint density at radius 1 is 1.15 bits per heavy atom. The van der Waals surface area contributed by atoms with Crippen molar-refractivity contribution in [1.82, 2.24) is 19.6 Å². The predicted octanol–water partition coefficient (Wildman–Crippen LogP) is 3.80. The molecule has 8 nitrogen and oxygen atoms in total. The lowest BCUT2D eigenvalue weighted by molar-refractivity contribution is 0.357. The second-order valence-corrected chi connectivity index (χ2v) is 10.9. The molecule has 0 amide bonds. The Morgan fingerprint density at radius 3 is 2.48 bits per heavy atom. The third-order valence-corrected chi connectivity index (χ3v) is 7.74. The summed E-state index contributed by atoms with van der Waals surface area (Å²) >= 11 is 0. The molecule has 0 spiro atoms. The minimum absolute atomic E-state index is 0.207. The predicted molar refractivity (Wildman–Crippen MR) is 135 cm³/mol. The molecular formula is C24H34N6O2S. The number of anilines is 2. The third-order valence-electron chi connectivity index (χ3n) is 6.29. The molecule has 3 aromatic rings. The van der Waals surface area contributed by atoms with Crippen molar-refractivity contribution < 1.29 is 8.42 Å². The van der Waals surface area contributed by atoms with Crippen LogP contribution in [0.15, 0.2) is 42.5 Å². The van der Waals surface area contributed by atoms with E-state index in [1.807, 2.05) is 24.3 Å². The lowest BCUT2D eigenvalue weighted by Gasteiger charge is -2.35. The number of imidazole rings is 1. The number of fused-ring (bicyclic) bond motifs is 1. The number of benzene rings is 2. The number of H-pyrrole nitrogens is 1. The highest BCUT2D eigenvalue weighted by molar-refractivity contribution is 7.90. The van der Waals surface area contributed by atoms with Gasteiger partial charge in [-0.3, -0.25) is 4.72 Å². The lowest BCUT2D eigenvalue weighted by atomic mass is 10.0. The van der Waals surface area contributed by atoms with Gasteiger partial charge in [0.05, 0.1) is 17.1 Å². The van der Waals surface area contributed by atoms with Crippen LogP contribution in [0.3, 0.4) is 0 Å². The van der Waals surface area contributed by atoms with Crippen molar-refractivity contribution in [3.05, 3.63) is 53.9 Å². The normalized spacial score (nSPS) is 16.5. The highest BCUT2D eigenvalue weighted by atomic mass is 32.2. The quantitative estimate of drug-likeness (QED) is 0.466. The van der Waals surface area contributed by atoms with Crippen molar-refractivity contribution in [3.63, 3.8) is 0 Å². The molecule has 0 saturated carbocycles. The van der Waals surface area contributed by atoms with E-state index in [2.05, 4.69) is 52.0 Å². The Balaban J connectivity index is 1.34. The summed E-state index contributed by atoms with van der Waals surface area (Å²) in [5, 5.41) is 3.81. The molecule has 1 saturated heterocycles. The van der Waals surface area contributed by atoms with Gasteiger partial charge in [0.15, 0.2) is 0 Å². The summed E-state index contributed by atoms with van der Waals surface area (Å²) in [6, 6.07) is 14.6. The molecular weight excluding hydrogens is 436 g/mol. The second kappa shape index (κ2) is 9.70. The van der Waals surface area contributed by atoms with Crippen molar-refractivity contribution in [1.29, 1.82) is 0 Å². The molecule has 1 fully saturated rings. The van der Waals surface area contributed by atoms with Crippen LogP contribution in [0.25, 0.3) is 11.0 Å². The summed E-state index contributed by atoms with van der Waals surface area (Å²) in [4.78, 5) is 10.7. The van der Waals surface area contributed by atoms with E-state index in [1.54, 1.807) is 0 Å². The summed E-state index contributed by atoms with van der Waals surface area (Å²) < 4.78 is 27.7. The van der Waals surface area contributed by atoms with Crippen molar-refractivity contribution in [3.8, 4) is 0 Å². The molecule has 3 N–H and O–H groups in total. The van der Waals surface area contributed by atoms with Gasteiger partial charge in [-0.1, -0.05) is 13.0 Å². The van der Waals surface area contributed by atoms with Gasteiger partial charge in [0.2, 0.25) is 0 Å². The Bertz CT molecular complexity index is 1180. The van der Waals surface area contributed by atoms with E-state index >= 15 is 0 Å². The fourth-order valence-electron chi connectivity index (χ4n) is 4.27. The largest absolute Gasteiger partial charge is 0.371 e. The van der Waals surface area contributed by atoms with Crippen LogP contribution in [0.4, 0.5) is 11.4 Å². The second-order valence-electron chi connectivity index (χ2n) is 8.97. The van der Waals surface area contributed by atoms with Crippen LogP contribution in [-0.2, 0) is 10.2 Å². The van der Waals surface area contributed by atoms with Gasteiger partial charge in [0, 0.05) is 44.6 Å². The van der Waals surface area contributed by atoms with Crippen LogP contribution in [0.2, 0.25) is 0 Å². The van der Waals surface area contributed by atoms with Crippen molar-refractivity contribution >= 4 is 32.6 Å². The number of hydrogen-bond donors (Lipinski definition) is 3. The van der Waals surface area contributed by atoms with Gasteiger partial charge < -0.3 is 15.2 Å². The number of aryl methyl sites for hydroxylation is 1. The molecule has 1 aliphatic heterocycles. The van der Waals surface area contributed by atoms with Crippen LogP contribution < -0.4 is 14.9 Å². The van der Waals surface area contributed by atoms with Gasteiger partial charge >= 0.3 is 10.2 Å². The van der Waals surface area contributed by atoms with Crippen molar-refractivity contribution in [2.75, 3.05) is 36.8 Å². The standard InChI is InChI=1S/C24H34N6O2S/c1-5-21(24-26-22-11-6-17(2)16-23(22)27-24)25-18-12-14-30(15-13-18)20-9-7-19(8-10-20)28-33(31,32)29(3)4/h6-11,16,18,21,25,28H,5,12-15H2,1-4H3,(H,26,27)/t21-/m1/s1. The van der Waals surface area contributed by atoms with Gasteiger partial charge in [-0.2, -0.15) is 12.7 Å². The number of aromatic amines is 1. The average Bonchev–Trinajstić information content (AvgIpc) is 3.21. The smallest absolute Gasteiger partial charge is 0.301 e. The maximum atomic E-state index is 12.0. The van der Waals surface area contributed by atoms with Gasteiger partial charge in [-0.15, -0.1) is 0 Å². The molecule has 178 valence electrons. The maximum Gasteiger partial charge on any atom is 0.301 e. The number of rotatable bonds is 8. The van der Waals surface area contributed by atoms with Gasteiger partial charge in [-0.05, 0) is 68.1 Å². The van der Waals surface area contributed by atoms with Crippen LogP contribution in [-0.4, -0.2) is 55.9 Å². The summed E-state index contributed by atoms with van der Waals surface area (Å²) in [6.07, 6.45) is 3.07. The minimum atomic E-state index is -3.49. The maximum absolute atomic E-state index is 12.0. The fourth-order valence-corrected chi connectivity index (χ4v) is 4.88. The summed E-state index contributed by atoms with van der Waals surface area (Å²) in [5.74, 6) is 1.01. The number of nitrogens with zero attached hydrogens (tertiary/aromatic N) is 3. The minimum Gasteiger partial charge on any atom is -0.371 e. The molecule has 0 unspecified atom stereocenters. The van der Waals surface area contributed by atoms with Gasteiger partial charge in [0.25, 0.3) is 0 Å². The monoisotopic (exact) mass is 470 g/mol. The molecule has 1 aromatic heterocycles. The van der Waals surface area contributed by atoms with E-state index in [0.717, 1.165) is 59.2 Å². The van der Waals surface area contributed by atoms with E-state index in [1.165, 1.54) is 19.7 Å². The number of aromatic nitrogens is 2. The zero-order valence-electron chi connectivity index (χ0n) is 19.8. The number of nitrogens with one attached hydrogen (secondary N) is 3. The number of piperidine rings is 1. The van der Waals surface area contributed by atoms with Crippen molar-refractivity contribution in [2.45, 2.75) is 45.2 Å². The topological polar surface area (TPSA) is 93.4 Å². The van der Waals surface area contributed by atoms with Gasteiger partial charge in [0.1, 0.15) is 5.82 Å². The zero-order chi connectivity index (χ0) is 23.6. The Labute approximate surface area is 196 Å². The molecule has 0 bridgehead atoms. The van der Waals surface area contributed by atoms with E-state index in [-0.39, 0.29) is 6.04 Å². The highest BCUT2D eigenvalue weighted by Crippen LogP contribution is 2.25.